The molecule has 1 unspecified atom stereocenters. The molecule has 1 fully saturated rings. The monoisotopic (exact) mass is 248 g/mol. The van der Waals surface area contributed by atoms with Gasteiger partial charge >= 0.3 is 6.09 Å². The maximum atomic E-state index is 11.7. The van der Waals surface area contributed by atoms with Crippen LogP contribution in [0.5, 0.6) is 0 Å². The largest absolute Gasteiger partial charge is 0.445 e. The number of amides is 1. The molecule has 0 spiro atoms. The highest BCUT2D eigenvalue weighted by Gasteiger charge is 2.37. The van der Waals surface area contributed by atoms with Crippen molar-refractivity contribution in [2.45, 2.75) is 19.1 Å². The molecule has 0 aromatic heterocycles. The van der Waals surface area contributed by atoms with E-state index in [1.54, 1.807) is 0 Å². The van der Waals surface area contributed by atoms with Crippen LogP contribution in [-0.2, 0) is 16.1 Å². The van der Waals surface area contributed by atoms with E-state index in [0.29, 0.717) is 13.0 Å². The molecule has 1 aliphatic rings. The zero-order chi connectivity index (χ0) is 13.0. The molecule has 96 valence electrons. The number of rotatable bonds is 4. The zero-order valence-corrected chi connectivity index (χ0v) is 10.0. The van der Waals surface area contributed by atoms with Gasteiger partial charge in [0.25, 0.3) is 0 Å². The number of likely N-dealkylation sites (tertiary alicyclic amines) is 1. The van der Waals surface area contributed by atoms with E-state index >= 15 is 0 Å². The van der Waals surface area contributed by atoms with Crippen LogP contribution >= 0.6 is 0 Å². The van der Waals surface area contributed by atoms with E-state index in [1.165, 1.54) is 4.90 Å². The highest BCUT2D eigenvalue weighted by Crippen LogP contribution is 2.19. The first-order valence-electron chi connectivity index (χ1n) is 5.92. The summed E-state index contributed by atoms with van der Waals surface area (Å²) in [5.41, 5.74) is 6.21. The fraction of sp³-hybridized carbons (Fsp3) is 0.385. The van der Waals surface area contributed by atoms with Crippen molar-refractivity contribution in [1.29, 1.82) is 0 Å². The van der Waals surface area contributed by atoms with Crippen LogP contribution in [0.4, 0.5) is 4.79 Å². The molecule has 0 bridgehead atoms. The van der Waals surface area contributed by atoms with Crippen molar-refractivity contribution in [3.05, 3.63) is 35.9 Å². The second-order valence-electron chi connectivity index (χ2n) is 4.21. The molecule has 1 aromatic carbocycles. The topological polar surface area (TPSA) is 72.6 Å². The van der Waals surface area contributed by atoms with E-state index in [9.17, 15) is 9.59 Å². The normalized spacial score (nSPS) is 18.1. The Kier molecular flexibility index (Phi) is 3.94. The molecule has 1 saturated heterocycles. The molecule has 0 aliphatic carbocycles. The average Bonchev–Trinajstić information content (AvgIpc) is 2.36. The second kappa shape index (κ2) is 5.64. The van der Waals surface area contributed by atoms with Crippen molar-refractivity contribution in [2.24, 2.45) is 5.73 Å². The maximum absolute atomic E-state index is 11.7. The van der Waals surface area contributed by atoms with E-state index in [4.69, 9.17) is 10.5 Å². The predicted molar refractivity (Wildman–Crippen MR) is 65.8 cm³/mol. The summed E-state index contributed by atoms with van der Waals surface area (Å²) >= 11 is 0. The van der Waals surface area contributed by atoms with Gasteiger partial charge in [-0.1, -0.05) is 30.3 Å². The Labute approximate surface area is 106 Å². The maximum Gasteiger partial charge on any atom is 0.410 e. The van der Waals surface area contributed by atoms with E-state index in [1.807, 2.05) is 30.3 Å². The lowest BCUT2D eigenvalue weighted by Gasteiger charge is -2.38. The minimum absolute atomic E-state index is 0.0346. The number of Topliss-reactive ketones (excluding diaryl/α,β-unsaturated/α-hetero) is 1. The summed E-state index contributed by atoms with van der Waals surface area (Å²) in [6, 6.07) is 9.04. The van der Waals surface area contributed by atoms with Gasteiger partial charge < -0.3 is 10.5 Å². The summed E-state index contributed by atoms with van der Waals surface area (Å²) in [4.78, 5) is 24.6. The lowest BCUT2D eigenvalue weighted by molar-refractivity contribution is -0.126. The fourth-order valence-corrected chi connectivity index (χ4v) is 1.88. The van der Waals surface area contributed by atoms with Crippen molar-refractivity contribution in [1.82, 2.24) is 4.90 Å². The third-order valence-corrected chi connectivity index (χ3v) is 3.03. The van der Waals surface area contributed by atoms with Crippen LogP contribution in [0.3, 0.4) is 0 Å². The Morgan fingerprint density at radius 3 is 2.61 bits per heavy atom. The Morgan fingerprint density at radius 2 is 2.06 bits per heavy atom. The molecule has 18 heavy (non-hydrogen) atoms. The van der Waals surface area contributed by atoms with Gasteiger partial charge in [-0.05, 0) is 12.0 Å². The predicted octanol–water partition coefficient (Wildman–Crippen LogP) is 0.925. The number of carbonyl (C=O) groups excluding carboxylic acids is 2. The Balaban J connectivity index is 1.84. The number of ketones is 1. The van der Waals surface area contributed by atoms with E-state index in [-0.39, 0.29) is 18.9 Å². The first kappa shape index (κ1) is 12.6. The second-order valence-corrected chi connectivity index (χ2v) is 4.21. The van der Waals surface area contributed by atoms with Crippen molar-refractivity contribution in [3.63, 3.8) is 0 Å². The van der Waals surface area contributed by atoms with Crippen LogP contribution < -0.4 is 5.73 Å². The van der Waals surface area contributed by atoms with Gasteiger partial charge in [0, 0.05) is 6.54 Å². The molecule has 1 amide bonds. The molecule has 1 aliphatic heterocycles. The Hall–Kier alpha value is -1.88. The molecule has 1 atom stereocenters. The van der Waals surface area contributed by atoms with Crippen LogP contribution in [0, 0.1) is 0 Å². The molecule has 1 aromatic rings. The number of nitrogens with zero attached hydrogens (tertiary/aromatic N) is 1. The van der Waals surface area contributed by atoms with Crippen molar-refractivity contribution in [2.75, 3.05) is 13.1 Å². The Morgan fingerprint density at radius 1 is 1.33 bits per heavy atom. The van der Waals surface area contributed by atoms with Crippen molar-refractivity contribution >= 4 is 11.9 Å². The summed E-state index contributed by atoms with van der Waals surface area (Å²) in [6.07, 6.45) is 0.230. The van der Waals surface area contributed by atoms with E-state index < -0.39 is 12.1 Å². The quantitative estimate of drug-likeness (QED) is 0.860. The van der Waals surface area contributed by atoms with Crippen LogP contribution in [0.1, 0.15) is 12.0 Å². The molecule has 5 heteroatoms. The number of benzene rings is 1. The minimum atomic E-state index is -0.447. The molecule has 2 N–H and O–H groups in total. The molecular formula is C13H16N2O3. The molecule has 0 saturated carbocycles. The summed E-state index contributed by atoms with van der Waals surface area (Å²) < 4.78 is 5.15. The number of nitrogens with two attached hydrogens (primary N) is 1. The first-order chi connectivity index (χ1) is 8.72. The van der Waals surface area contributed by atoms with Gasteiger partial charge in [-0.2, -0.15) is 0 Å². The highest BCUT2D eigenvalue weighted by atomic mass is 16.6. The first-order valence-corrected chi connectivity index (χ1v) is 5.92. The average molecular weight is 248 g/mol. The van der Waals surface area contributed by atoms with Gasteiger partial charge in [-0.15, -0.1) is 0 Å². The van der Waals surface area contributed by atoms with Gasteiger partial charge in [0.1, 0.15) is 6.61 Å². The van der Waals surface area contributed by atoms with Crippen LogP contribution in [0.25, 0.3) is 0 Å². The molecule has 0 radical (unpaired) electrons. The third kappa shape index (κ3) is 2.68. The Bertz CT molecular complexity index is 433. The van der Waals surface area contributed by atoms with Gasteiger partial charge in [-0.25, -0.2) is 4.79 Å². The summed E-state index contributed by atoms with van der Waals surface area (Å²) in [5.74, 6) is -0.113. The van der Waals surface area contributed by atoms with Crippen LogP contribution in [-0.4, -0.2) is 35.9 Å². The minimum Gasteiger partial charge on any atom is -0.445 e. The smallest absolute Gasteiger partial charge is 0.410 e. The number of hydrogen-bond donors (Lipinski definition) is 1. The van der Waals surface area contributed by atoms with Crippen LogP contribution in [0.2, 0.25) is 0 Å². The SMILES string of the molecule is NCC(=O)C1CCN1C(=O)OCc1ccccc1. The van der Waals surface area contributed by atoms with Gasteiger partial charge in [0.2, 0.25) is 0 Å². The van der Waals surface area contributed by atoms with E-state index in [0.717, 1.165) is 5.56 Å². The van der Waals surface area contributed by atoms with Crippen LogP contribution in [0.15, 0.2) is 30.3 Å². The highest BCUT2D eigenvalue weighted by molar-refractivity contribution is 5.90. The lowest BCUT2D eigenvalue weighted by atomic mass is 9.99. The molecule has 1 heterocycles. The standard InChI is InChI=1S/C13H16N2O3/c14-8-12(16)11-6-7-15(11)13(17)18-9-10-4-2-1-3-5-10/h1-5,11H,6-9,14H2. The van der Waals surface area contributed by atoms with E-state index in [2.05, 4.69) is 0 Å². The molecule has 2 rings (SSSR count). The summed E-state index contributed by atoms with van der Waals surface area (Å²) in [6.45, 7) is 0.747. The number of carbonyl (C=O) groups is 2. The van der Waals surface area contributed by atoms with Crippen molar-refractivity contribution in [3.8, 4) is 0 Å². The molecule has 5 nitrogen and oxygen atoms in total. The molecular weight excluding hydrogens is 232 g/mol. The number of hydrogen-bond acceptors (Lipinski definition) is 4. The van der Waals surface area contributed by atoms with Gasteiger partial charge in [0.15, 0.2) is 5.78 Å². The third-order valence-electron chi connectivity index (χ3n) is 3.03. The van der Waals surface area contributed by atoms with Gasteiger partial charge in [0.05, 0.1) is 12.6 Å². The zero-order valence-electron chi connectivity index (χ0n) is 10.0. The summed E-state index contributed by atoms with van der Waals surface area (Å²) in [5, 5.41) is 0. The van der Waals surface area contributed by atoms with Gasteiger partial charge in [-0.3, -0.25) is 9.69 Å². The summed E-state index contributed by atoms with van der Waals surface area (Å²) in [7, 11) is 0. The number of ether oxygens (including phenoxy) is 1. The van der Waals surface area contributed by atoms with Crippen molar-refractivity contribution < 1.29 is 14.3 Å². The fourth-order valence-electron chi connectivity index (χ4n) is 1.88. The lowest BCUT2D eigenvalue weighted by Crippen LogP contribution is -2.56.